The summed E-state index contributed by atoms with van der Waals surface area (Å²) in [5.41, 5.74) is -0.705. The standard InChI is InChI=1S/C14H15ClF3NO2/c1-19(10-5-3-2-4-8(10)15)14(21)7-6-9(16)12(18)13(20)11(7)17/h6,8,10,20H,2-5H2,1H3. The topological polar surface area (TPSA) is 40.5 Å². The van der Waals surface area contributed by atoms with Crippen molar-refractivity contribution in [3.05, 3.63) is 29.1 Å². The van der Waals surface area contributed by atoms with Crippen molar-refractivity contribution in [1.29, 1.82) is 0 Å². The first-order valence-electron chi connectivity index (χ1n) is 6.62. The summed E-state index contributed by atoms with van der Waals surface area (Å²) in [6.45, 7) is 0. The SMILES string of the molecule is CN(C(=O)c1cc(F)c(F)c(O)c1F)C1CCCCC1Cl. The van der Waals surface area contributed by atoms with Gasteiger partial charge in [0.2, 0.25) is 5.82 Å². The third kappa shape index (κ3) is 2.95. The lowest BCUT2D eigenvalue weighted by atomic mass is 9.93. The summed E-state index contributed by atoms with van der Waals surface area (Å²) in [6, 6.07) is 0.150. The number of phenolic OH excluding ortho intramolecular Hbond substituents is 1. The minimum Gasteiger partial charge on any atom is -0.503 e. The Balaban J connectivity index is 2.31. The van der Waals surface area contributed by atoms with Gasteiger partial charge in [-0.25, -0.2) is 8.78 Å². The monoisotopic (exact) mass is 321 g/mol. The molecule has 1 saturated carbocycles. The highest BCUT2D eigenvalue weighted by Crippen LogP contribution is 2.30. The Morgan fingerprint density at radius 3 is 2.52 bits per heavy atom. The maximum atomic E-state index is 13.8. The molecule has 0 bridgehead atoms. The predicted octanol–water partition coefficient (Wildman–Crippen LogP) is 3.43. The van der Waals surface area contributed by atoms with E-state index in [9.17, 15) is 23.1 Å². The van der Waals surface area contributed by atoms with Gasteiger partial charge in [0.15, 0.2) is 17.4 Å². The molecule has 7 heteroatoms. The zero-order valence-corrected chi connectivity index (χ0v) is 12.1. The van der Waals surface area contributed by atoms with Crippen LogP contribution in [0.5, 0.6) is 5.75 Å². The summed E-state index contributed by atoms with van der Waals surface area (Å²) in [7, 11) is 1.44. The van der Waals surface area contributed by atoms with E-state index >= 15 is 0 Å². The Hall–Kier alpha value is -1.43. The average molecular weight is 322 g/mol. The number of carbonyl (C=O) groups excluding carboxylic acids is 1. The fourth-order valence-electron chi connectivity index (χ4n) is 2.59. The minimum atomic E-state index is -1.71. The molecule has 0 aromatic heterocycles. The van der Waals surface area contributed by atoms with Crippen LogP contribution < -0.4 is 0 Å². The van der Waals surface area contributed by atoms with Crippen molar-refractivity contribution < 1.29 is 23.1 Å². The lowest BCUT2D eigenvalue weighted by Crippen LogP contribution is -2.44. The average Bonchev–Trinajstić information content (AvgIpc) is 2.48. The molecule has 116 valence electrons. The molecule has 2 atom stereocenters. The molecule has 1 N–H and O–H groups in total. The van der Waals surface area contributed by atoms with Gasteiger partial charge in [0.1, 0.15) is 0 Å². The van der Waals surface area contributed by atoms with Gasteiger partial charge in [-0.2, -0.15) is 4.39 Å². The van der Waals surface area contributed by atoms with E-state index in [4.69, 9.17) is 11.6 Å². The van der Waals surface area contributed by atoms with E-state index in [-0.39, 0.29) is 11.4 Å². The molecule has 1 amide bonds. The second-order valence-electron chi connectivity index (χ2n) is 5.17. The van der Waals surface area contributed by atoms with Crippen LogP contribution >= 0.6 is 11.6 Å². The van der Waals surface area contributed by atoms with E-state index in [2.05, 4.69) is 0 Å². The van der Waals surface area contributed by atoms with E-state index in [0.29, 0.717) is 12.5 Å². The van der Waals surface area contributed by atoms with Gasteiger partial charge in [-0.05, 0) is 18.9 Å². The van der Waals surface area contributed by atoms with Crippen molar-refractivity contribution in [2.24, 2.45) is 0 Å². The first kappa shape index (κ1) is 15.9. The number of halogens is 4. The predicted molar refractivity (Wildman–Crippen MR) is 72.0 cm³/mol. The highest BCUT2D eigenvalue weighted by atomic mass is 35.5. The van der Waals surface area contributed by atoms with Crippen LogP contribution in [0, 0.1) is 17.5 Å². The molecule has 0 heterocycles. The molecule has 2 rings (SSSR count). The van der Waals surface area contributed by atoms with E-state index in [1.54, 1.807) is 0 Å². The van der Waals surface area contributed by atoms with Crippen molar-refractivity contribution in [1.82, 2.24) is 4.90 Å². The molecule has 3 nitrogen and oxygen atoms in total. The number of amides is 1. The molecule has 0 spiro atoms. The van der Waals surface area contributed by atoms with Crippen molar-refractivity contribution in [2.45, 2.75) is 37.1 Å². The molecule has 1 aliphatic rings. The molecular formula is C14H15ClF3NO2. The summed E-state index contributed by atoms with van der Waals surface area (Å²) >= 11 is 6.17. The van der Waals surface area contributed by atoms with Crippen LogP contribution in [0.25, 0.3) is 0 Å². The summed E-state index contributed by atoms with van der Waals surface area (Å²) < 4.78 is 40.1. The summed E-state index contributed by atoms with van der Waals surface area (Å²) in [6.07, 6.45) is 3.23. The van der Waals surface area contributed by atoms with Crippen molar-refractivity contribution in [2.75, 3.05) is 7.05 Å². The van der Waals surface area contributed by atoms with Crippen LogP contribution in [0.1, 0.15) is 36.0 Å². The van der Waals surface area contributed by atoms with Gasteiger partial charge in [0.05, 0.1) is 10.9 Å². The molecule has 1 aromatic carbocycles. The molecule has 0 aliphatic heterocycles. The van der Waals surface area contributed by atoms with Crippen molar-refractivity contribution in [3.8, 4) is 5.75 Å². The fraction of sp³-hybridized carbons (Fsp3) is 0.500. The molecule has 1 aromatic rings. The number of hydrogen-bond donors (Lipinski definition) is 1. The lowest BCUT2D eigenvalue weighted by molar-refractivity contribution is 0.0693. The number of benzene rings is 1. The summed E-state index contributed by atoms with van der Waals surface area (Å²) in [4.78, 5) is 13.5. The third-order valence-corrected chi connectivity index (χ3v) is 4.34. The fourth-order valence-corrected chi connectivity index (χ4v) is 3.04. The van der Waals surface area contributed by atoms with Crippen molar-refractivity contribution >= 4 is 17.5 Å². The Bertz CT molecular complexity index is 568. The van der Waals surface area contributed by atoms with Crippen LogP contribution in [0.15, 0.2) is 6.07 Å². The molecule has 0 saturated heterocycles. The molecule has 2 unspecified atom stereocenters. The number of phenols is 1. The zero-order chi connectivity index (χ0) is 15.7. The highest BCUT2D eigenvalue weighted by molar-refractivity contribution is 6.21. The zero-order valence-electron chi connectivity index (χ0n) is 11.4. The molecule has 21 heavy (non-hydrogen) atoms. The molecular weight excluding hydrogens is 307 g/mol. The third-order valence-electron chi connectivity index (χ3n) is 3.83. The van der Waals surface area contributed by atoms with E-state index < -0.39 is 34.7 Å². The van der Waals surface area contributed by atoms with Gasteiger partial charge in [-0.3, -0.25) is 4.79 Å². The number of carbonyl (C=O) groups is 1. The summed E-state index contributed by atoms with van der Waals surface area (Å²) in [5.74, 6) is -6.97. The molecule has 1 aliphatic carbocycles. The van der Waals surface area contributed by atoms with Gasteiger partial charge in [0, 0.05) is 13.1 Å². The number of nitrogens with zero attached hydrogens (tertiary/aromatic N) is 1. The Kier molecular flexibility index (Phi) is 4.66. The second kappa shape index (κ2) is 6.13. The molecule has 0 radical (unpaired) electrons. The maximum absolute atomic E-state index is 13.8. The Morgan fingerprint density at radius 2 is 1.90 bits per heavy atom. The second-order valence-corrected chi connectivity index (χ2v) is 5.73. The first-order valence-corrected chi connectivity index (χ1v) is 7.06. The lowest BCUT2D eigenvalue weighted by Gasteiger charge is -2.35. The van der Waals surface area contributed by atoms with Gasteiger partial charge in [-0.1, -0.05) is 12.8 Å². The Morgan fingerprint density at radius 1 is 1.29 bits per heavy atom. The van der Waals surface area contributed by atoms with Crippen LogP contribution in [0.4, 0.5) is 13.2 Å². The number of rotatable bonds is 2. The van der Waals surface area contributed by atoms with Gasteiger partial charge < -0.3 is 10.0 Å². The van der Waals surface area contributed by atoms with E-state index in [0.717, 1.165) is 19.3 Å². The number of aromatic hydroxyl groups is 1. The van der Waals surface area contributed by atoms with Crippen LogP contribution in [0.2, 0.25) is 0 Å². The van der Waals surface area contributed by atoms with E-state index in [1.165, 1.54) is 11.9 Å². The minimum absolute atomic E-state index is 0.269. The van der Waals surface area contributed by atoms with Crippen LogP contribution in [-0.2, 0) is 0 Å². The first-order chi connectivity index (χ1) is 9.84. The number of alkyl halides is 1. The highest BCUT2D eigenvalue weighted by Gasteiger charge is 2.32. The smallest absolute Gasteiger partial charge is 0.257 e. The maximum Gasteiger partial charge on any atom is 0.257 e. The van der Waals surface area contributed by atoms with Gasteiger partial charge >= 0.3 is 0 Å². The van der Waals surface area contributed by atoms with Crippen LogP contribution in [0.3, 0.4) is 0 Å². The molecule has 1 fully saturated rings. The van der Waals surface area contributed by atoms with Gasteiger partial charge in [-0.15, -0.1) is 11.6 Å². The van der Waals surface area contributed by atoms with Crippen molar-refractivity contribution in [3.63, 3.8) is 0 Å². The quantitative estimate of drug-likeness (QED) is 0.669. The normalized spacial score (nSPS) is 22.1. The Labute approximate surface area is 125 Å². The number of hydrogen-bond acceptors (Lipinski definition) is 2. The van der Waals surface area contributed by atoms with Gasteiger partial charge in [0.25, 0.3) is 5.91 Å². The summed E-state index contributed by atoms with van der Waals surface area (Å²) in [5, 5.41) is 8.91. The largest absolute Gasteiger partial charge is 0.503 e. The van der Waals surface area contributed by atoms with Crippen LogP contribution in [-0.4, -0.2) is 34.4 Å². The van der Waals surface area contributed by atoms with E-state index in [1.807, 2.05) is 0 Å².